The third-order valence-corrected chi connectivity index (χ3v) is 7.55. The van der Waals surface area contributed by atoms with Gasteiger partial charge in [-0.25, -0.2) is 8.78 Å². The molecule has 2 saturated heterocycles. The Balaban J connectivity index is 1.58. The van der Waals surface area contributed by atoms with Crippen LogP contribution in [0.2, 0.25) is 0 Å². The van der Waals surface area contributed by atoms with Crippen LogP contribution in [-0.4, -0.2) is 41.4 Å². The molecule has 2 atom stereocenters. The molecule has 0 spiro atoms. The second-order valence-corrected chi connectivity index (χ2v) is 9.82. The molecule has 2 fully saturated rings. The zero-order valence-corrected chi connectivity index (χ0v) is 17.5. The second kappa shape index (κ2) is 7.81. The second-order valence-electron chi connectivity index (χ2n) is 9.82. The number of halogens is 2. The van der Waals surface area contributed by atoms with Gasteiger partial charge in [0.05, 0.1) is 31.8 Å². The Hall–Kier alpha value is -1.78. The summed E-state index contributed by atoms with van der Waals surface area (Å²) in [6.07, 6.45) is 5.65. The summed E-state index contributed by atoms with van der Waals surface area (Å²) < 4.78 is 29.8. The van der Waals surface area contributed by atoms with Crippen LogP contribution in [0.1, 0.15) is 43.2 Å². The molecule has 1 N–H and O–H groups in total. The van der Waals surface area contributed by atoms with Crippen molar-refractivity contribution < 1.29 is 18.4 Å². The predicted molar refractivity (Wildman–Crippen MR) is 111 cm³/mol. The summed E-state index contributed by atoms with van der Waals surface area (Å²) in [6, 6.07) is 14.5. The molecule has 2 aromatic rings. The van der Waals surface area contributed by atoms with Gasteiger partial charge in [0.2, 0.25) is 0 Å². The average molecular weight is 401 g/mol. The van der Waals surface area contributed by atoms with E-state index in [2.05, 4.69) is 14.1 Å². The first kappa shape index (κ1) is 20.5. The molecule has 2 heterocycles. The minimum atomic E-state index is -1.16. The van der Waals surface area contributed by atoms with Crippen molar-refractivity contribution in [3.8, 4) is 0 Å². The highest BCUT2D eigenvalue weighted by atomic mass is 19.1. The first-order chi connectivity index (χ1) is 13.8. The molecule has 4 rings (SSSR count). The molecular formula is C25H32F2NO+. The lowest BCUT2D eigenvalue weighted by Gasteiger charge is -2.46. The monoisotopic (exact) mass is 400 g/mol. The molecule has 0 saturated carbocycles. The van der Waals surface area contributed by atoms with E-state index in [0.717, 1.165) is 17.3 Å². The highest BCUT2D eigenvalue weighted by Crippen LogP contribution is 2.45. The third kappa shape index (κ3) is 4.24. The summed E-state index contributed by atoms with van der Waals surface area (Å²) in [7, 11) is 4.65. The van der Waals surface area contributed by atoms with Crippen molar-refractivity contribution in [2.24, 2.45) is 5.92 Å². The van der Waals surface area contributed by atoms with E-state index in [9.17, 15) is 13.9 Å². The zero-order chi connectivity index (χ0) is 20.6. The van der Waals surface area contributed by atoms with Gasteiger partial charge in [0, 0.05) is 38.5 Å². The standard InChI is InChI=1S/C25H32F2NO/c1-28(2)21-11-12-22(28)14-18(13-21)15-25(29,16-19-7-3-5-9-23(19)26)17-20-8-4-6-10-24(20)27/h3-10,18,21-22,29H,11-17H2,1-2H3/q+1/t21-,22-/m0/s1. The predicted octanol–water partition coefficient (Wildman–Crippen LogP) is 4.89. The van der Waals surface area contributed by atoms with E-state index in [0.29, 0.717) is 35.5 Å². The van der Waals surface area contributed by atoms with Crippen LogP contribution in [-0.2, 0) is 12.8 Å². The third-order valence-electron chi connectivity index (χ3n) is 7.55. The number of benzene rings is 2. The Labute approximate surface area is 172 Å². The van der Waals surface area contributed by atoms with Gasteiger partial charge in [-0.15, -0.1) is 0 Å². The van der Waals surface area contributed by atoms with Crippen LogP contribution in [0.3, 0.4) is 0 Å². The van der Waals surface area contributed by atoms with Gasteiger partial charge in [-0.1, -0.05) is 36.4 Å². The minimum absolute atomic E-state index is 0.206. The smallest absolute Gasteiger partial charge is 0.126 e. The van der Waals surface area contributed by atoms with Gasteiger partial charge in [0.25, 0.3) is 0 Å². The maximum Gasteiger partial charge on any atom is 0.126 e. The topological polar surface area (TPSA) is 20.2 Å². The molecule has 2 aliphatic rings. The van der Waals surface area contributed by atoms with Crippen LogP contribution in [0.25, 0.3) is 0 Å². The lowest BCUT2D eigenvalue weighted by molar-refractivity contribution is -0.931. The maximum atomic E-state index is 14.4. The molecule has 0 unspecified atom stereocenters. The average Bonchev–Trinajstić information content (AvgIpc) is 2.83. The fourth-order valence-electron chi connectivity index (χ4n) is 5.90. The van der Waals surface area contributed by atoms with Crippen LogP contribution in [0.5, 0.6) is 0 Å². The van der Waals surface area contributed by atoms with Crippen molar-refractivity contribution >= 4 is 0 Å². The molecule has 0 amide bonds. The molecule has 29 heavy (non-hydrogen) atoms. The lowest BCUT2D eigenvalue weighted by atomic mass is 9.76. The molecule has 2 aliphatic heterocycles. The summed E-state index contributed by atoms with van der Waals surface area (Å²) >= 11 is 0. The number of piperidine rings is 1. The maximum absolute atomic E-state index is 14.4. The molecule has 2 aromatic carbocycles. The van der Waals surface area contributed by atoms with Gasteiger partial charge in [-0.05, 0) is 35.6 Å². The van der Waals surface area contributed by atoms with E-state index in [-0.39, 0.29) is 24.5 Å². The largest absolute Gasteiger partial charge is 0.389 e. The van der Waals surface area contributed by atoms with Crippen molar-refractivity contribution in [2.45, 2.75) is 62.6 Å². The van der Waals surface area contributed by atoms with Crippen molar-refractivity contribution in [3.63, 3.8) is 0 Å². The number of hydrogen-bond acceptors (Lipinski definition) is 1. The molecule has 4 heteroatoms. The summed E-state index contributed by atoms with van der Waals surface area (Å²) in [4.78, 5) is 0. The Morgan fingerprint density at radius 1 is 0.862 bits per heavy atom. The van der Waals surface area contributed by atoms with Crippen LogP contribution in [0, 0.1) is 17.6 Å². The minimum Gasteiger partial charge on any atom is -0.389 e. The van der Waals surface area contributed by atoms with E-state index in [1.54, 1.807) is 36.4 Å². The van der Waals surface area contributed by atoms with E-state index in [4.69, 9.17) is 0 Å². The normalized spacial score (nSPS) is 25.9. The summed E-state index contributed by atoms with van der Waals surface area (Å²) in [6.45, 7) is 0. The fourth-order valence-corrected chi connectivity index (χ4v) is 5.90. The molecule has 156 valence electrons. The Morgan fingerprint density at radius 3 is 1.76 bits per heavy atom. The van der Waals surface area contributed by atoms with Crippen LogP contribution >= 0.6 is 0 Å². The van der Waals surface area contributed by atoms with Crippen molar-refractivity contribution in [2.75, 3.05) is 14.1 Å². The molecule has 0 aromatic heterocycles. The molecule has 2 nitrogen and oxygen atoms in total. The molecule has 0 aliphatic carbocycles. The van der Waals surface area contributed by atoms with E-state index < -0.39 is 5.60 Å². The number of rotatable bonds is 6. The number of aliphatic hydroxyl groups is 1. The van der Waals surface area contributed by atoms with Crippen LogP contribution in [0.15, 0.2) is 48.5 Å². The Bertz CT molecular complexity index is 802. The lowest BCUT2D eigenvalue weighted by Crippen LogP contribution is -2.55. The van der Waals surface area contributed by atoms with E-state index in [1.807, 2.05) is 0 Å². The number of nitrogens with zero attached hydrogens (tertiary/aromatic N) is 1. The summed E-state index contributed by atoms with van der Waals surface area (Å²) in [5.74, 6) is -0.218. The first-order valence-corrected chi connectivity index (χ1v) is 10.8. The molecule has 2 bridgehead atoms. The first-order valence-electron chi connectivity index (χ1n) is 10.8. The van der Waals surface area contributed by atoms with Gasteiger partial charge < -0.3 is 9.59 Å². The zero-order valence-electron chi connectivity index (χ0n) is 17.5. The van der Waals surface area contributed by atoms with Crippen molar-refractivity contribution in [1.82, 2.24) is 0 Å². The van der Waals surface area contributed by atoms with Gasteiger partial charge in [0.15, 0.2) is 0 Å². The Kier molecular flexibility index (Phi) is 5.52. The van der Waals surface area contributed by atoms with Crippen molar-refractivity contribution in [1.29, 1.82) is 0 Å². The number of quaternary nitrogens is 1. The van der Waals surface area contributed by atoms with Crippen LogP contribution < -0.4 is 0 Å². The molecular weight excluding hydrogens is 368 g/mol. The number of hydrogen-bond donors (Lipinski definition) is 1. The Morgan fingerprint density at radius 2 is 1.31 bits per heavy atom. The highest BCUT2D eigenvalue weighted by Gasteiger charge is 2.50. The van der Waals surface area contributed by atoms with Crippen LogP contribution in [0.4, 0.5) is 8.78 Å². The van der Waals surface area contributed by atoms with Gasteiger partial charge in [0.1, 0.15) is 11.6 Å². The van der Waals surface area contributed by atoms with Crippen molar-refractivity contribution in [3.05, 3.63) is 71.3 Å². The van der Waals surface area contributed by atoms with Gasteiger partial charge >= 0.3 is 0 Å². The quantitative estimate of drug-likeness (QED) is 0.685. The SMILES string of the molecule is C[N+]1(C)[C@H]2CC[C@H]1CC(CC(O)(Cc1ccccc1F)Cc1ccccc1F)C2. The fraction of sp³-hybridized carbons (Fsp3) is 0.520. The summed E-state index contributed by atoms with van der Waals surface area (Å²) in [5, 5.41) is 11.7. The summed E-state index contributed by atoms with van der Waals surface area (Å²) in [5.41, 5.74) is -0.161. The number of fused-ring (bicyclic) bond motifs is 2. The highest BCUT2D eigenvalue weighted by molar-refractivity contribution is 5.24. The van der Waals surface area contributed by atoms with Gasteiger partial charge in [-0.2, -0.15) is 0 Å². The molecule has 0 radical (unpaired) electrons. The van der Waals surface area contributed by atoms with E-state index in [1.165, 1.54) is 25.0 Å². The van der Waals surface area contributed by atoms with E-state index >= 15 is 0 Å². The van der Waals surface area contributed by atoms with Gasteiger partial charge in [-0.3, -0.25) is 0 Å².